The fraction of sp³-hybridized carbons (Fsp3) is 0.368. The van der Waals surface area contributed by atoms with E-state index < -0.39 is 18.6 Å². The summed E-state index contributed by atoms with van der Waals surface area (Å²) in [6.07, 6.45) is 2.77. The van der Waals surface area contributed by atoms with Crippen LogP contribution < -0.4 is 16.4 Å². The monoisotopic (exact) mass is 418 g/mol. The molecule has 0 aliphatic carbocycles. The fourth-order valence-corrected chi connectivity index (χ4v) is 3.90. The minimum atomic E-state index is -1.45. The highest BCUT2D eigenvalue weighted by atomic mass is 35.5. The number of pyridine rings is 1. The molecule has 1 aromatic heterocycles. The Kier molecular flexibility index (Phi) is 6.33. The second kappa shape index (κ2) is 8.58. The smallest absolute Gasteiger partial charge is 0.451 e. The molecule has 2 aromatic rings. The van der Waals surface area contributed by atoms with Crippen LogP contribution in [0.1, 0.15) is 12.8 Å². The molecule has 1 fully saturated rings. The van der Waals surface area contributed by atoms with Crippen molar-refractivity contribution in [2.45, 2.75) is 24.7 Å². The third-order valence-corrected chi connectivity index (χ3v) is 5.66. The van der Waals surface area contributed by atoms with Gasteiger partial charge in [-0.25, -0.2) is 4.98 Å². The summed E-state index contributed by atoms with van der Waals surface area (Å²) in [5.41, 5.74) is 13.2. The average molecular weight is 419 g/mol. The van der Waals surface area contributed by atoms with Crippen molar-refractivity contribution < 1.29 is 19.9 Å². The molecule has 10 heteroatoms. The number of aromatic nitrogens is 1. The van der Waals surface area contributed by atoms with Crippen LogP contribution in [-0.4, -0.2) is 51.9 Å². The molecular formula is C19H24BClN4O4. The van der Waals surface area contributed by atoms with E-state index in [4.69, 9.17) is 33.1 Å². The first kappa shape index (κ1) is 21.4. The van der Waals surface area contributed by atoms with E-state index in [1.807, 2.05) is 12.1 Å². The molecular weight excluding hydrogens is 394 g/mol. The number of carbonyl (C=O) groups is 1. The van der Waals surface area contributed by atoms with Crippen LogP contribution in [0.4, 0.5) is 11.5 Å². The molecule has 0 amide bonds. The van der Waals surface area contributed by atoms with Gasteiger partial charge < -0.3 is 31.5 Å². The lowest BCUT2D eigenvalue weighted by molar-refractivity contribution is -0.144. The predicted molar refractivity (Wildman–Crippen MR) is 114 cm³/mol. The van der Waals surface area contributed by atoms with Crippen LogP contribution in [0.25, 0.3) is 11.1 Å². The Bertz CT molecular complexity index is 883. The largest absolute Gasteiger partial charge is 0.480 e. The molecule has 0 bridgehead atoms. The quantitative estimate of drug-likeness (QED) is 0.425. The summed E-state index contributed by atoms with van der Waals surface area (Å²) in [7, 11) is -1.41. The zero-order chi connectivity index (χ0) is 21.2. The number of benzene rings is 1. The maximum Gasteiger partial charge on any atom is 0.451 e. The topological polar surface area (TPSA) is 146 Å². The van der Waals surface area contributed by atoms with E-state index in [9.17, 15) is 9.90 Å². The molecule has 3 rings (SSSR count). The molecule has 1 saturated heterocycles. The number of carboxylic acids is 1. The Morgan fingerprint density at radius 3 is 2.59 bits per heavy atom. The van der Waals surface area contributed by atoms with Crippen LogP contribution in [0.15, 0.2) is 36.5 Å². The summed E-state index contributed by atoms with van der Waals surface area (Å²) in [6, 6.07) is 9.10. The van der Waals surface area contributed by atoms with Crippen molar-refractivity contribution in [2.75, 3.05) is 23.7 Å². The van der Waals surface area contributed by atoms with E-state index >= 15 is 0 Å². The summed E-state index contributed by atoms with van der Waals surface area (Å²) in [4.78, 5) is 18.1. The van der Waals surface area contributed by atoms with Crippen molar-refractivity contribution in [2.24, 2.45) is 11.7 Å². The zero-order valence-electron chi connectivity index (χ0n) is 15.8. The van der Waals surface area contributed by atoms with Gasteiger partial charge in [0.25, 0.3) is 0 Å². The maximum absolute atomic E-state index is 11.8. The molecule has 0 radical (unpaired) electrons. The van der Waals surface area contributed by atoms with Crippen molar-refractivity contribution in [3.8, 4) is 11.1 Å². The lowest BCUT2D eigenvalue weighted by Gasteiger charge is -2.25. The average Bonchev–Trinajstić information content (AvgIpc) is 3.00. The number of nitrogens with two attached hydrogens (primary N) is 2. The molecule has 0 unspecified atom stereocenters. The molecule has 2 heterocycles. The van der Waals surface area contributed by atoms with Crippen LogP contribution in [0.3, 0.4) is 0 Å². The molecule has 1 aromatic carbocycles. The Hall–Kier alpha value is -2.33. The molecule has 154 valence electrons. The minimum absolute atomic E-state index is 0.0756. The van der Waals surface area contributed by atoms with E-state index in [-0.39, 0.29) is 18.8 Å². The number of nitrogens with zero attached hydrogens (tertiary/aromatic N) is 2. The molecule has 0 spiro atoms. The van der Waals surface area contributed by atoms with E-state index in [0.29, 0.717) is 35.9 Å². The lowest BCUT2D eigenvalue weighted by Crippen LogP contribution is -2.54. The first-order chi connectivity index (χ1) is 13.7. The van der Waals surface area contributed by atoms with Crippen molar-refractivity contribution in [1.29, 1.82) is 0 Å². The van der Waals surface area contributed by atoms with Crippen LogP contribution in [0.2, 0.25) is 11.3 Å². The molecule has 0 saturated carbocycles. The van der Waals surface area contributed by atoms with Gasteiger partial charge in [-0.1, -0.05) is 30.2 Å². The van der Waals surface area contributed by atoms with E-state index in [2.05, 4.69) is 4.98 Å². The van der Waals surface area contributed by atoms with Gasteiger partial charge in [0.1, 0.15) is 5.54 Å². The van der Waals surface area contributed by atoms with E-state index in [1.54, 1.807) is 29.3 Å². The fourth-order valence-electron chi connectivity index (χ4n) is 3.78. The summed E-state index contributed by atoms with van der Waals surface area (Å²) >= 11 is 5.93. The van der Waals surface area contributed by atoms with Gasteiger partial charge in [-0.05, 0) is 36.5 Å². The highest BCUT2D eigenvalue weighted by Crippen LogP contribution is 2.36. The molecule has 8 nitrogen and oxygen atoms in total. The SMILES string of the molecule is Nc1cc(-c2ccc(Cl)cc2)cnc1N1C[C@H](CCCB(O)O)[C@](N)(C(=O)O)C1. The van der Waals surface area contributed by atoms with Crippen molar-refractivity contribution >= 4 is 36.2 Å². The standard InChI is InChI=1S/C19H24BClN4O4/c21-15-5-3-12(4-6-15)13-8-16(22)17(24-9-13)25-10-14(2-1-7-20(28)29)19(23,11-25)18(26)27/h3-6,8-9,14,28-29H,1-2,7,10-11,22-23H2,(H,26,27)/t14-,19-/m0/s1. The first-order valence-corrected chi connectivity index (χ1v) is 9.73. The van der Waals surface area contributed by atoms with Gasteiger partial charge in [-0.15, -0.1) is 0 Å². The third-order valence-electron chi connectivity index (χ3n) is 5.41. The molecule has 1 aliphatic heterocycles. The van der Waals surface area contributed by atoms with Gasteiger partial charge in [-0.2, -0.15) is 0 Å². The highest BCUT2D eigenvalue weighted by Gasteiger charge is 2.49. The van der Waals surface area contributed by atoms with Crippen LogP contribution >= 0.6 is 11.6 Å². The van der Waals surface area contributed by atoms with Crippen molar-refractivity contribution in [3.63, 3.8) is 0 Å². The minimum Gasteiger partial charge on any atom is -0.480 e. The van der Waals surface area contributed by atoms with Gasteiger partial charge in [0.2, 0.25) is 0 Å². The van der Waals surface area contributed by atoms with Crippen LogP contribution in [-0.2, 0) is 4.79 Å². The van der Waals surface area contributed by atoms with Crippen LogP contribution in [0, 0.1) is 5.92 Å². The Morgan fingerprint density at radius 1 is 1.31 bits per heavy atom. The number of hydrogen-bond acceptors (Lipinski definition) is 7. The summed E-state index contributed by atoms with van der Waals surface area (Å²) in [6.45, 7) is 0.452. The molecule has 2 atom stereocenters. The van der Waals surface area contributed by atoms with Crippen molar-refractivity contribution in [1.82, 2.24) is 4.98 Å². The third kappa shape index (κ3) is 4.64. The highest BCUT2D eigenvalue weighted by molar-refractivity contribution is 6.40. The normalized spacial score (nSPS) is 21.4. The molecule has 7 N–H and O–H groups in total. The molecule has 1 aliphatic rings. The van der Waals surface area contributed by atoms with Gasteiger partial charge in [-0.3, -0.25) is 4.79 Å². The van der Waals surface area contributed by atoms with E-state index in [0.717, 1.165) is 11.1 Å². The number of hydrogen-bond donors (Lipinski definition) is 5. The number of rotatable bonds is 7. The first-order valence-electron chi connectivity index (χ1n) is 9.35. The number of halogens is 1. The van der Waals surface area contributed by atoms with Crippen LogP contribution in [0.5, 0.6) is 0 Å². The van der Waals surface area contributed by atoms with Gasteiger partial charge in [0.05, 0.1) is 5.69 Å². The van der Waals surface area contributed by atoms with Gasteiger partial charge >= 0.3 is 13.1 Å². The second-order valence-electron chi connectivity index (χ2n) is 7.48. The number of anilines is 2. The Morgan fingerprint density at radius 2 is 2.00 bits per heavy atom. The Labute approximate surface area is 174 Å². The summed E-state index contributed by atoms with van der Waals surface area (Å²) in [5, 5.41) is 28.4. The predicted octanol–water partition coefficient (Wildman–Crippen LogP) is 1.46. The van der Waals surface area contributed by atoms with Crippen molar-refractivity contribution in [3.05, 3.63) is 41.6 Å². The lowest BCUT2D eigenvalue weighted by atomic mass is 9.78. The van der Waals surface area contributed by atoms with Gasteiger partial charge in [0, 0.05) is 35.8 Å². The number of nitrogen functional groups attached to an aromatic ring is 1. The Balaban J connectivity index is 1.80. The summed E-state index contributed by atoms with van der Waals surface area (Å²) < 4.78 is 0. The number of carboxylic acid groups (broad SMARTS) is 1. The maximum atomic E-state index is 11.8. The number of aliphatic carboxylic acids is 1. The molecule has 29 heavy (non-hydrogen) atoms. The van der Waals surface area contributed by atoms with Gasteiger partial charge in [0.15, 0.2) is 5.82 Å². The zero-order valence-corrected chi connectivity index (χ0v) is 16.6. The van der Waals surface area contributed by atoms with E-state index in [1.165, 1.54) is 0 Å². The summed E-state index contributed by atoms with van der Waals surface area (Å²) in [5.74, 6) is -0.967. The second-order valence-corrected chi connectivity index (χ2v) is 7.91.